The molecule has 298 valence electrons. The summed E-state index contributed by atoms with van der Waals surface area (Å²) in [4.78, 5) is 23.9. The highest BCUT2D eigenvalue weighted by Crippen LogP contribution is 2.15. The van der Waals surface area contributed by atoms with E-state index in [9.17, 15) is 24.9 Å². The van der Waals surface area contributed by atoms with E-state index >= 15 is 0 Å². The molecule has 0 saturated heterocycles. The number of rotatable bonds is 35. The van der Waals surface area contributed by atoms with Crippen LogP contribution in [-0.4, -0.2) is 58.8 Å². The zero-order valence-electron chi connectivity index (χ0n) is 33.2. The van der Waals surface area contributed by atoms with E-state index in [1.165, 1.54) is 77.0 Å². The molecule has 0 heterocycles. The minimum Gasteiger partial charge on any atom is -0.463 e. The predicted octanol–water partition coefficient (Wildman–Crippen LogP) is 10.8. The van der Waals surface area contributed by atoms with Crippen LogP contribution in [0.3, 0.4) is 0 Å². The zero-order chi connectivity index (χ0) is 38.3. The number of aliphatic hydroxyl groups is 3. The van der Waals surface area contributed by atoms with Gasteiger partial charge in [-0.2, -0.15) is 0 Å². The van der Waals surface area contributed by atoms with Crippen LogP contribution in [0.5, 0.6) is 0 Å². The molecule has 0 aliphatic carbocycles. The van der Waals surface area contributed by atoms with E-state index in [0.29, 0.717) is 32.1 Å². The highest BCUT2D eigenvalue weighted by atomic mass is 16.6. The number of allylic oxidation sites excluding steroid dienone is 8. The minimum atomic E-state index is -1.03. The monoisotopic (exact) mass is 729 g/mol. The summed E-state index contributed by atoms with van der Waals surface area (Å²) in [6.07, 6.45) is 43.2. The van der Waals surface area contributed by atoms with Gasteiger partial charge in [0.05, 0.1) is 12.2 Å². The van der Waals surface area contributed by atoms with Gasteiger partial charge in [-0.25, -0.2) is 0 Å². The topological polar surface area (TPSA) is 113 Å². The van der Waals surface area contributed by atoms with Crippen molar-refractivity contribution in [2.75, 3.05) is 13.2 Å². The van der Waals surface area contributed by atoms with Gasteiger partial charge in [0.15, 0.2) is 0 Å². The highest BCUT2D eigenvalue weighted by Gasteiger charge is 2.11. The van der Waals surface area contributed by atoms with Gasteiger partial charge in [0.1, 0.15) is 19.3 Å². The lowest BCUT2D eigenvalue weighted by Crippen LogP contribution is -2.25. The van der Waals surface area contributed by atoms with Gasteiger partial charge in [0.25, 0.3) is 0 Å². The third-order valence-corrected chi connectivity index (χ3v) is 8.56. The Morgan fingerprint density at radius 3 is 1.48 bits per heavy atom. The number of ether oxygens (including phenoxy) is 2. The van der Waals surface area contributed by atoms with Gasteiger partial charge in [0, 0.05) is 12.8 Å². The van der Waals surface area contributed by atoms with Crippen molar-refractivity contribution in [2.24, 2.45) is 5.92 Å². The Bertz CT molecular complexity index is 1010. The fourth-order valence-corrected chi connectivity index (χ4v) is 5.41. The van der Waals surface area contributed by atoms with E-state index in [1.54, 1.807) is 24.3 Å². The molecule has 3 atom stereocenters. The normalized spacial score (nSPS) is 14.3. The van der Waals surface area contributed by atoms with Gasteiger partial charge >= 0.3 is 11.9 Å². The zero-order valence-corrected chi connectivity index (χ0v) is 33.2. The Balaban J connectivity index is 3.68. The maximum atomic E-state index is 12.0. The van der Waals surface area contributed by atoms with Gasteiger partial charge in [-0.05, 0) is 44.4 Å². The Hall–Kier alpha value is -2.74. The molecule has 0 fully saturated rings. The van der Waals surface area contributed by atoms with Gasteiger partial charge in [-0.1, -0.05) is 184 Å². The molecule has 0 aromatic rings. The molecule has 0 aromatic heterocycles. The average molecular weight is 729 g/mol. The maximum absolute atomic E-state index is 12.0. The van der Waals surface area contributed by atoms with E-state index in [-0.39, 0.29) is 25.6 Å². The summed E-state index contributed by atoms with van der Waals surface area (Å²) < 4.78 is 10.2. The number of hydrogen-bond donors (Lipinski definition) is 3. The lowest BCUT2D eigenvalue weighted by Gasteiger charge is -2.12. The molecule has 0 radical (unpaired) electrons. The summed E-state index contributed by atoms with van der Waals surface area (Å²) in [5.41, 5.74) is 0. The van der Waals surface area contributed by atoms with Crippen LogP contribution in [0.2, 0.25) is 0 Å². The number of unbranched alkanes of at least 4 members (excludes halogenated alkanes) is 13. The second-order valence-corrected chi connectivity index (χ2v) is 14.3. The fraction of sp³-hybridized carbons (Fsp3) is 0.689. The SMILES string of the molecule is CC/C=C\C[C@@H](O)/C=C/C=C\C=C\[C@@H](O)C/C=C\C/C=C\CCC(=O)OC[C@H](O)COC(=O)CCCCCCCCCCCCCCCCC(C)C. The predicted molar refractivity (Wildman–Crippen MR) is 217 cm³/mol. The van der Waals surface area contributed by atoms with E-state index in [0.717, 1.165) is 31.6 Å². The van der Waals surface area contributed by atoms with Crippen molar-refractivity contribution < 1.29 is 34.4 Å². The number of esters is 2. The lowest BCUT2D eigenvalue weighted by atomic mass is 10.0. The van der Waals surface area contributed by atoms with E-state index < -0.39 is 24.3 Å². The van der Waals surface area contributed by atoms with Crippen molar-refractivity contribution in [3.05, 3.63) is 72.9 Å². The molecule has 0 spiro atoms. The average Bonchev–Trinajstić information content (AvgIpc) is 3.12. The molecule has 52 heavy (non-hydrogen) atoms. The van der Waals surface area contributed by atoms with Crippen molar-refractivity contribution >= 4 is 11.9 Å². The standard InChI is InChI=1S/C45H76O7/c1-4-5-24-32-41(46)34-27-22-23-28-35-42(47)33-26-19-16-17-21-30-37-45(50)52-39-43(48)38-51-44(49)36-29-20-15-13-11-9-7-6-8-10-12-14-18-25-31-40(2)3/h5,17,19,21-24,26-28,34-35,40-43,46-48H,4,6-16,18,20,25,29-33,36-39H2,1-3H3/b21-17-,23-22-,24-5-,26-19-,34-27+,35-28+/t41-,42+,43-/m1/s1. The number of carbonyl (C=O) groups is 2. The highest BCUT2D eigenvalue weighted by molar-refractivity contribution is 5.70. The van der Waals surface area contributed by atoms with Crippen LogP contribution in [0.1, 0.15) is 162 Å². The fourth-order valence-electron chi connectivity index (χ4n) is 5.41. The summed E-state index contributed by atoms with van der Waals surface area (Å²) in [6, 6.07) is 0. The van der Waals surface area contributed by atoms with Gasteiger partial charge in [-0.15, -0.1) is 0 Å². The Kier molecular flexibility index (Phi) is 36.0. The lowest BCUT2D eigenvalue weighted by molar-refractivity contribution is -0.152. The van der Waals surface area contributed by atoms with Crippen molar-refractivity contribution in [2.45, 2.75) is 180 Å². The second-order valence-electron chi connectivity index (χ2n) is 14.3. The van der Waals surface area contributed by atoms with Crippen LogP contribution in [0.4, 0.5) is 0 Å². The van der Waals surface area contributed by atoms with Crippen molar-refractivity contribution in [1.82, 2.24) is 0 Å². The van der Waals surface area contributed by atoms with Crippen LogP contribution in [0.15, 0.2) is 72.9 Å². The molecule has 0 saturated carbocycles. The Morgan fingerprint density at radius 1 is 0.538 bits per heavy atom. The maximum Gasteiger partial charge on any atom is 0.306 e. The molecule has 0 amide bonds. The van der Waals surface area contributed by atoms with Crippen molar-refractivity contribution in [3.8, 4) is 0 Å². The molecular formula is C45H76O7. The quantitative estimate of drug-likeness (QED) is 0.0258. The third kappa shape index (κ3) is 38.5. The summed E-state index contributed by atoms with van der Waals surface area (Å²) in [6.45, 7) is 6.31. The van der Waals surface area contributed by atoms with Crippen molar-refractivity contribution in [1.29, 1.82) is 0 Å². The summed E-state index contributed by atoms with van der Waals surface area (Å²) in [5, 5.41) is 29.8. The number of aliphatic hydroxyl groups excluding tert-OH is 3. The second kappa shape index (κ2) is 38.0. The molecule has 0 rings (SSSR count). The molecule has 3 N–H and O–H groups in total. The van der Waals surface area contributed by atoms with Crippen LogP contribution in [0, 0.1) is 5.92 Å². The third-order valence-electron chi connectivity index (χ3n) is 8.56. The number of carbonyl (C=O) groups excluding carboxylic acids is 2. The van der Waals surface area contributed by atoms with Gasteiger partial charge in [0.2, 0.25) is 0 Å². The first kappa shape index (κ1) is 49.3. The largest absolute Gasteiger partial charge is 0.463 e. The van der Waals surface area contributed by atoms with E-state index in [2.05, 4.69) is 20.8 Å². The van der Waals surface area contributed by atoms with Crippen molar-refractivity contribution in [3.63, 3.8) is 0 Å². The summed E-state index contributed by atoms with van der Waals surface area (Å²) >= 11 is 0. The van der Waals surface area contributed by atoms with Gasteiger partial charge in [-0.3, -0.25) is 9.59 Å². The molecule has 0 aromatic carbocycles. The van der Waals surface area contributed by atoms with Gasteiger partial charge < -0.3 is 24.8 Å². The van der Waals surface area contributed by atoms with Crippen LogP contribution >= 0.6 is 0 Å². The summed E-state index contributed by atoms with van der Waals surface area (Å²) in [7, 11) is 0. The molecule has 7 nitrogen and oxygen atoms in total. The molecular weight excluding hydrogens is 652 g/mol. The number of hydrogen-bond acceptors (Lipinski definition) is 7. The molecule has 0 aliphatic heterocycles. The molecule has 0 aliphatic rings. The summed E-state index contributed by atoms with van der Waals surface area (Å²) in [5.74, 6) is 0.111. The smallest absolute Gasteiger partial charge is 0.306 e. The Labute approximate surface area is 318 Å². The molecule has 7 heteroatoms. The van der Waals surface area contributed by atoms with Crippen LogP contribution < -0.4 is 0 Å². The van der Waals surface area contributed by atoms with E-state index in [1.807, 2.05) is 48.6 Å². The Morgan fingerprint density at radius 2 is 0.981 bits per heavy atom. The van der Waals surface area contributed by atoms with E-state index in [4.69, 9.17) is 9.47 Å². The minimum absolute atomic E-state index is 0.169. The first-order valence-electron chi connectivity index (χ1n) is 20.6. The first-order valence-corrected chi connectivity index (χ1v) is 20.6. The first-order chi connectivity index (χ1) is 25.2. The molecule has 0 unspecified atom stereocenters. The van der Waals surface area contributed by atoms with Crippen LogP contribution in [-0.2, 0) is 19.1 Å². The molecule has 0 bridgehead atoms. The van der Waals surface area contributed by atoms with Crippen LogP contribution in [0.25, 0.3) is 0 Å².